The number of hydrogen-bond acceptors (Lipinski definition) is 2. The van der Waals surface area contributed by atoms with Gasteiger partial charge in [-0.2, -0.15) is 0 Å². The first kappa shape index (κ1) is 32.0. The van der Waals surface area contributed by atoms with Crippen LogP contribution in [-0.4, -0.2) is 19.1 Å². The number of benzene rings is 8. The average Bonchev–Trinajstić information content (AvgIpc) is 3.86. The molecule has 0 spiro atoms. The smallest absolute Gasteiger partial charge is 0.235 e. The Morgan fingerprint density at radius 3 is 1.68 bits per heavy atom. The lowest BCUT2D eigenvalue weighted by atomic mass is 9.82. The molecule has 12 rings (SSSR count). The molecule has 3 heterocycles. The van der Waals surface area contributed by atoms with Crippen molar-refractivity contribution in [3.8, 4) is 45.1 Å². The fourth-order valence-electron chi connectivity index (χ4n) is 9.70. The zero-order valence-corrected chi connectivity index (χ0v) is 31.6. The van der Waals surface area contributed by atoms with Gasteiger partial charge >= 0.3 is 0 Å². The fourth-order valence-corrected chi connectivity index (χ4v) is 9.70. The molecule has 4 nitrogen and oxygen atoms in total. The second-order valence-electron chi connectivity index (χ2n) is 15.8. The van der Waals surface area contributed by atoms with Crippen LogP contribution in [0.25, 0.3) is 99.7 Å². The normalized spacial score (nSPS) is 13.2. The lowest BCUT2D eigenvalue weighted by Gasteiger charge is -2.21. The van der Waals surface area contributed by atoms with Crippen molar-refractivity contribution in [2.75, 3.05) is 0 Å². The molecule has 11 aromatic rings. The van der Waals surface area contributed by atoms with Crippen LogP contribution >= 0.6 is 0 Å². The summed E-state index contributed by atoms with van der Waals surface area (Å²) in [6, 6.07) is 65.7. The zero-order valence-electron chi connectivity index (χ0n) is 31.6. The second kappa shape index (κ2) is 11.8. The number of nitrogens with zero attached hydrogens (tertiary/aromatic N) is 4. The van der Waals surface area contributed by atoms with E-state index in [1.165, 1.54) is 66.0 Å². The third-order valence-corrected chi connectivity index (χ3v) is 12.3. The quantitative estimate of drug-likeness (QED) is 0.181. The van der Waals surface area contributed by atoms with Crippen LogP contribution in [0.15, 0.2) is 182 Å². The second-order valence-corrected chi connectivity index (χ2v) is 15.8. The maximum absolute atomic E-state index is 5.53. The molecule has 0 atom stereocenters. The Morgan fingerprint density at radius 1 is 0.404 bits per heavy atom. The Morgan fingerprint density at radius 2 is 0.947 bits per heavy atom. The first-order valence-corrected chi connectivity index (χ1v) is 19.7. The van der Waals surface area contributed by atoms with Crippen molar-refractivity contribution in [3.05, 3.63) is 193 Å². The summed E-state index contributed by atoms with van der Waals surface area (Å²) < 4.78 is 4.62. The highest BCUT2D eigenvalue weighted by molar-refractivity contribution is 6.13. The number of aromatic nitrogens is 4. The maximum atomic E-state index is 5.53. The van der Waals surface area contributed by atoms with E-state index < -0.39 is 0 Å². The van der Waals surface area contributed by atoms with Gasteiger partial charge in [-0.1, -0.05) is 141 Å². The SMILES string of the molecule is CC1(C)c2ccccc2-c2c(-c3nc(-n4c5ccccc5c5cc(-c6ccc7c(c6)c6ccccc6n7-c6ccccc6)ccc54)nc4ccccc34)cccc21. The maximum Gasteiger partial charge on any atom is 0.235 e. The summed E-state index contributed by atoms with van der Waals surface area (Å²) in [7, 11) is 0. The molecule has 0 aliphatic heterocycles. The van der Waals surface area contributed by atoms with Crippen LogP contribution in [0.3, 0.4) is 0 Å². The minimum atomic E-state index is -0.109. The van der Waals surface area contributed by atoms with Crippen LogP contribution in [0.5, 0.6) is 0 Å². The number of hydrogen-bond donors (Lipinski definition) is 0. The first-order chi connectivity index (χ1) is 28.0. The highest BCUT2D eigenvalue weighted by Crippen LogP contribution is 2.52. The van der Waals surface area contributed by atoms with Crippen LogP contribution in [-0.2, 0) is 5.41 Å². The van der Waals surface area contributed by atoms with Crippen LogP contribution in [0, 0.1) is 0 Å². The van der Waals surface area contributed by atoms with Crippen LogP contribution in [0.4, 0.5) is 0 Å². The van der Waals surface area contributed by atoms with Crippen molar-refractivity contribution < 1.29 is 0 Å². The van der Waals surface area contributed by atoms with Crippen molar-refractivity contribution in [1.29, 1.82) is 0 Å². The largest absolute Gasteiger partial charge is 0.309 e. The molecule has 268 valence electrons. The third kappa shape index (κ3) is 4.55. The molecule has 0 radical (unpaired) electrons. The molecule has 0 saturated carbocycles. The molecule has 0 fully saturated rings. The van der Waals surface area contributed by atoms with Gasteiger partial charge in [0.05, 0.1) is 33.3 Å². The molecule has 0 amide bonds. The fraction of sp³-hybridized carbons (Fsp3) is 0.0566. The summed E-state index contributed by atoms with van der Waals surface area (Å²) in [5, 5.41) is 5.88. The summed E-state index contributed by atoms with van der Waals surface area (Å²) >= 11 is 0. The topological polar surface area (TPSA) is 35.6 Å². The van der Waals surface area contributed by atoms with Gasteiger partial charge in [0.1, 0.15) is 0 Å². The van der Waals surface area contributed by atoms with Gasteiger partial charge in [-0.05, 0) is 88.0 Å². The van der Waals surface area contributed by atoms with E-state index in [2.05, 4.69) is 205 Å². The molecule has 1 aliphatic carbocycles. The van der Waals surface area contributed by atoms with Crippen LogP contribution in [0.2, 0.25) is 0 Å². The lowest BCUT2D eigenvalue weighted by Crippen LogP contribution is -2.14. The Bertz CT molecular complexity index is 3440. The van der Waals surface area contributed by atoms with Gasteiger partial charge in [0.15, 0.2) is 0 Å². The highest BCUT2D eigenvalue weighted by atomic mass is 15.2. The highest BCUT2D eigenvalue weighted by Gasteiger charge is 2.37. The Hall–Kier alpha value is -7.30. The molecule has 3 aromatic heterocycles. The molecule has 8 aromatic carbocycles. The Labute approximate surface area is 329 Å². The van der Waals surface area contributed by atoms with Crippen molar-refractivity contribution in [2.45, 2.75) is 19.3 Å². The average molecular weight is 729 g/mol. The predicted molar refractivity (Wildman–Crippen MR) is 237 cm³/mol. The van der Waals surface area contributed by atoms with E-state index in [0.717, 1.165) is 38.9 Å². The molecule has 1 aliphatic rings. The zero-order chi connectivity index (χ0) is 37.8. The van der Waals surface area contributed by atoms with Gasteiger partial charge < -0.3 is 4.57 Å². The molecule has 0 saturated heterocycles. The summed E-state index contributed by atoms with van der Waals surface area (Å²) in [5.41, 5.74) is 16.2. The lowest BCUT2D eigenvalue weighted by molar-refractivity contribution is 0.660. The van der Waals surface area contributed by atoms with E-state index in [1.807, 2.05) is 0 Å². The number of fused-ring (bicyclic) bond motifs is 10. The standard InChI is InChI=1S/C53H36N4/c1-53(2)43-22-10-6-19-38(43)50-40(21-14-23-44(50)53)51-39-20-7-11-24-45(39)54-52(55-51)57-47-26-13-9-18-37(47)42-32-34(28-30-49(42)57)33-27-29-48-41(31-33)36-17-8-12-25-46(36)56(48)35-15-4-3-5-16-35/h3-32H,1-2H3. The van der Waals surface area contributed by atoms with Gasteiger partial charge in [-0.3, -0.25) is 4.57 Å². The molecular weight excluding hydrogens is 693 g/mol. The molecule has 4 heteroatoms. The van der Waals surface area contributed by atoms with Gasteiger partial charge in [0, 0.05) is 43.6 Å². The van der Waals surface area contributed by atoms with E-state index in [1.54, 1.807) is 0 Å². The summed E-state index contributed by atoms with van der Waals surface area (Å²) in [6.07, 6.45) is 0. The van der Waals surface area contributed by atoms with Gasteiger partial charge in [-0.15, -0.1) is 0 Å². The van der Waals surface area contributed by atoms with Crippen molar-refractivity contribution in [2.24, 2.45) is 0 Å². The molecule has 57 heavy (non-hydrogen) atoms. The molecular formula is C53H36N4. The van der Waals surface area contributed by atoms with Crippen molar-refractivity contribution >= 4 is 54.5 Å². The molecule has 0 N–H and O–H groups in total. The molecule has 0 unspecified atom stereocenters. The minimum Gasteiger partial charge on any atom is -0.309 e. The predicted octanol–water partition coefficient (Wildman–Crippen LogP) is 13.5. The summed E-state index contributed by atoms with van der Waals surface area (Å²) in [4.78, 5) is 10.8. The van der Waals surface area contributed by atoms with Gasteiger partial charge in [0.25, 0.3) is 0 Å². The molecule has 0 bridgehead atoms. The van der Waals surface area contributed by atoms with Crippen LogP contribution < -0.4 is 0 Å². The van der Waals surface area contributed by atoms with Crippen molar-refractivity contribution in [3.63, 3.8) is 0 Å². The summed E-state index contributed by atoms with van der Waals surface area (Å²) in [5.74, 6) is 0.668. The van der Waals surface area contributed by atoms with E-state index in [-0.39, 0.29) is 5.41 Å². The summed E-state index contributed by atoms with van der Waals surface area (Å²) in [6.45, 7) is 4.66. The van der Waals surface area contributed by atoms with Crippen molar-refractivity contribution in [1.82, 2.24) is 19.1 Å². The first-order valence-electron chi connectivity index (χ1n) is 19.7. The third-order valence-electron chi connectivity index (χ3n) is 12.3. The van der Waals surface area contributed by atoms with E-state index in [0.29, 0.717) is 5.95 Å². The minimum absolute atomic E-state index is 0.109. The van der Waals surface area contributed by atoms with Gasteiger partial charge in [0.2, 0.25) is 5.95 Å². The number of rotatable bonds is 4. The van der Waals surface area contributed by atoms with E-state index >= 15 is 0 Å². The van der Waals surface area contributed by atoms with Crippen LogP contribution in [0.1, 0.15) is 25.0 Å². The Kier molecular flexibility index (Phi) is 6.65. The van der Waals surface area contributed by atoms with E-state index in [9.17, 15) is 0 Å². The van der Waals surface area contributed by atoms with Gasteiger partial charge in [-0.25, -0.2) is 9.97 Å². The monoisotopic (exact) mass is 728 g/mol. The van der Waals surface area contributed by atoms with E-state index in [4.69, 9.17) is 9.97 Å². The Balaban J connectivity index is 1.06. The number of para-hydroxylation sites is 4.